The van der Waals surface area contributed by atoms with E-state index in [0.717, 1.165) is 22.1 Å². The quantitative estimate of drug-likeness (QED) is 0.822. The molecule has 0 spiro atoms. The van der Waals surface area contributed by atoms with Gasteiger partial charge in [0.05, 0.1) is 6.61 Å². The maximum atomic E-state index is 9.86. The third-order valence-corrected chi connectivity index (χ3v) is 3.34. The lowest BCUT2D eigenvalue weighted by atomic mass is 10.0. The van der Waals surface area contributed by atoms with Crippen LogP contribution in [0.4, 0.5) is 0 Å². The van der Waals surface area contributed by atoms with Crippen LogP contribution in [0.1, 0.15) is 25.5 Å². The summed E-state index contributed by atoms with van der Waals surface area (Å²) in [6.07, 6.45) is -0.648. The number of aliphatic hydroxyl groups is 1. The predicted molar refractivity (Wildman–Crippen MR) is 84.5 cm³/mol. The number of benzene rings is 2. The average Bonchev–Trinajstić information content (AvgIpc) is 2.50. The Balaban J connectivity index is 2.25. The number of hydrogen-bond donors (Lipinski definition) is 2. The lowest BCUT2D eigenvalue weighted by Gasteiger charge is -2.18. The zero-order valence-electron chi connectivity index (χ0n) is 12.6. The third kappa shape index (κ3) is 3.94. The first-order chi connectivity index (χ1) is 10.1. The summed E-state index contributed by atoms with van der Waals surface area (Å²) >= 11 is 0. The highest BCUT2D eigenvalue weighted by molar-refractivity contribution is 5.89. The van der Waals surface area contributed by atoms with Gasteiger partial charge in [-0.3, -0.25) is 0 Å². The van der Waals surface area contributed by atoms with Gasteiger partial charge in [0.1, 0.15) is 18.5 Å². The number of fused-ring (bicyclic) bond motifs is 1. The fourth-order valence-corrected chi connectivity index (χ4v) is 2.26. The highest BCUT2D eigenvalue weighted by Gasteiger charge is 2.14. The zero-order chi connectivity index (χ0) is 15.2. The Hall–Kier alpha value is -1.62. The number of ether oxygens (including phenoxy) is 2. The van der Waals surface area contributed by atoms with Gasteiger partial charge in [0.2, 0.25) is 0 Å². The van der Waals surface area contributed by atoms with E-state index in [1.165, 1.54) is 0 Å². The summed E-state index contributed by atoms with van der Waals surface area (Å²) in [6.45, 7) is 4.86. The van der Waals surface area contributed by atoms with Crippen molar-refractivity contribution >= 4 is 10.8 Å². The fraction of sp³-hybridized carbons (Fsp3) is 0.412. The highest BCUT2D eigenvalue weighted by Crippen LogP contribution is 2.33. The summed E-state index contributed by atoms with van der Waals surface area (Å²) in [5, 5.41) is 12.0. The number of nitrogens with two attached hydrogens (primary N) is 1. The molecule has 0 saturated carbocycles. The molecule has 3 N–H and O–H groups in total. The minimum Gasteiger partial charge on any atom is -0.490 e. The number of hydrogen-bond acceptors (Lipinski definition) is 4. The smallest absolute Gasteiger partial charge is 0.132 e. The molecular formula is C17H23NO3. The molecule has 0 aliphatic heterocycles. The highest BCUT2D eigenvalue weighted by atomic mass is 16.5. The maximum absolute atomic E-state index is 9.86. The van der Waals surface area contributed by atoms with E-state index in [1.54, 1.807) is 0 Å². The maximum Gasteiger partial charge on any atom is 0.132 e. The second-order valence-electron chi connectivity index (χ2n) is 5.12. The van der Waals surface area contributed by atoms with Crippen molar-refractivity contribution in [2.75, 3.05) is 19.8 Å². The Morgan fingerprint density at radius 3 is 2.62 bits per heavy atom. The first-order valence-corrected chi connectivity index (χ1v) is 7.29. The van der Waals surface area contributed by atoms with E-state index in [4.69, 9.17) is 15.2 Å². The number of rotatable bonds is 7. The Morgan fingerprint density at radius 1 is 1.14 bits per heavy atom. The molecule has 2 aromatic rings. The largest absolute Gasteiger partial charge is 0.490 e. The molecule has 0 fully saturated rings. The average molecular weight is 289 g/mol. The number of aliphatic hydroxyl groups excluding tert-OH is 1. The third-order valence-electron chi connectivity index (χ3n) is 3.34. The molecular weight excluding hydrogens is 266 g/mol. The van der Waals surface area contributed by atoms with Crippen LogP contribution < -0.4 is 10.5 Å². The van der Waals surface area contributed by atoms with Crippen molar-refractivity contribution in [1.82, 2.24) is 0 Å². The zero-order valence-corrected chi connectivity index (χ0v) is 12.6. The van der Waals surface area contributed by atoms with E-state index in [-0.39, 0.29) is 19.3 Å². The van der Waals surface area contributed by atoms with E-state index in [1.807, 2.05) is 50.2 Å². The topological polar surface area (TPSA) is 64.7 Å². The molecule has 1 unspecified atom stereocenters. The summed E-state index contributed by atoms with van der Waals surface area (Å²) in [7, 11) is 0. The lowest BCUT2D eigenvalue weighted by Crippen LogP contribution is -2.24. The van der Waals surface area contributed by atoms with Gasteiger partial charge >= 0.3 is 0 Å². The minimum atomic E-state index is -0.648. The van der Waals surface area contributed by atoms with Gasteiger partial charge < -0.3 is 20.3 Å². The molecule has 0 heterocycles. The first-order valence-electron chi connectivity index (χ1n) is 7.29. The standard InChI is InChI=1S/C17H23NO3/c1-3-20-10-14(19)11-21-17-15(12(2)18)9-8-13-6-4-5-7-16(13)17/h4-9,12,14,19H,3,10-11,18H2,1-2H3/t12-,14?/m1/s1. The summed E-state index contributed by atoms with van der Waals surface area (Å²) in [4.78, 5) is 0. The lowest BCUT2D eigenvalue weighted by molar-refractivity contribution is 0.0165. The van der Waals surface area contributed by atoms with Crippen LogP contribution in [0, 0.1) is 0 Å². The van der Waals surface area contributed by atoms with Crippen LogP contribution in [0.15, 0.2) is 36.4 Å². The van der Waals surface area contributed by atoms with Crippen LogP contribution in [-0.4, -0.2) is 31.0 Å². The van der Waals surface area contributed by atoms with Crippen molar-refractivity contribution in [2.45, 2.75) is 26.0 Å². The Labute approximate surface area is 125 Å². The van der Waals surface area contributed by atoms with Crippen molar-refractivity contribution in [3.05, 3.63) is 42.0 Å². The van der Waals surface area contributed by atoms with E-state index in [9.17, 15) is 5.11 Å². The molecule has 4 heteroatoms. The molecule has 0 bridgehead atoms. The van der Waals surface area contributed by atoms with Crippen LogP contribution in [0.2, 0.25) is 0 Å². The van der Waals surface area contributed by atoms with Gasteiger partial charge in [0.25, 0.3) is 0 Å². The molecule has 2 atom stereocenters. The molecule has 0 saturated heterocycles. The SMILES string of the molecule is CCOCC(O)COc1c([C@@H](C)N)ccc2ccccc12. The van der Waals surface area contributed by atoms with Crippen LogP contribution in [0.3, 0.4) is 0 Å². The molecule has 4 nitrogen and oxygen atoms in total. The normalized spacial score (nSPS) is 14.1. The van der Waals surface area contributed by atoms with Crippen molar-refractivity contribution in [3.63, 3.8) is 0 Å². The second kappa shape index (κ2) is 7.41. The molecule has 0 radical (unpaired) electrons. The molecule has 21 heavy (non-hydrogen) atoms. The molecule has 2 rings (SSSR count). The summed E-state index contributed by atoms with van der Waals surface area (Å²) in [5.41, 5.74) is 6.97. The van der Waals surface area contributed by atoms with E-state index < -0.39 is 6.10 Å². The van der Waals surface area contributed by atoms with Gasteiger partial charge in [-0.1, -0.05) is 36.4 Å². The minimum absolute atomic E-state index is 0.131. The van der Waals surface area contributed by atoms with Gasteiger partial charge in [-0.2, -0.15) is 0 Å². The first kappa shape index (κ1) is 15.8. The predicted octanol–water partition coefficient (Wildman–Crippen LogP) is 2.64. The molecule has 0 amide bonds. The van der Waals surface area contributed by atoms with Gasteiger partial charge in [0.15, 0.2) is 0 Å². The van der Waals surface area contributed by atoms with Crippen molar-refractivity contribution in [2.24, 2.45) is 5.73 Å². The van der Waals surface area contributed by atoms with Gasteiger partial charge in [0, 0.05) is 23.6 Å². The Morgan fingerprint density at radius 2 is 1.90 bits per heavy atom. The van der Waals surface area contributed by atoms with Crippen LogP contribution in [0.5, 0.6) is 5.75 Å². The second-order valence-corrected chi connectivity index (χ2v) is 5.12. The van der Waals surface area contributed by atoms with Crippen molar-refractivity contribution < 1.29 is 14.6 Å². The van der Waals surface area contributed by atoms with E-state index in [0.29, 0.717) is 6.61 Å². The molecule has 2 aromatic carbocycles. The van der Waals surface area contributed by atoms with E-state index in [2.05, 4.69) is 0 Å². The summed E-state index contributed by atoms with van der Waals surface area (Å²) in [5.74, 6) is 0.749. The Kier molecular flexibility index (Phi) is 5.56. The summed E-state index contributed by atoms with van der Waals surface area (Å²) in [6, 6.07) is 11.9. The molecule has 0 aromatic heterocycles. The van der Waals surface area contributed by atoms with E-state index >= 15 is 0 Å². The monoisotopic (exact) mass is 289 g/mol. The van der Waals surface area contributed by atoms with Gasteiger partial charge in [-0.05, 0) is 19.2 Å². The molecule has 0 aliphatic rings. The van der Waals surface area contributed by atoms with Crippen LogP contribution in [-0.2, 0) is 4.74 Å². The molecule has 0 aliphatic carbocycles. The van der Waals surface area contributed by atoms with Crippen molar-refractivity contribution in [1.29, 1.82) is 0 Å². The van der Waals surface area contributed by atoms with Crippen molar-refractivity contribution in [3.8, 4) is 5.75 Å². The van der Waals surface area contributed by atoms with Gasteiger partial charge in [-0.15, -0.1) is 0 Å². The fourth-order valence-electron chi connectivity index (χ4n) is 2.26. The summed E-state index contributed by atoms with van der Waals surface area (Å²) < 4.78 is 11.1. The molecule has 114 valence electrons. The van der Waals surface area contributed by atoms with Gasteiger partial charge in [-0.25, -0.2) is 0 Å². The van der Waals surface area contributed by atoms with Crippen LogP contribution in [0.25, 0.3) is 10.8 Å². The Bertz CT molecular complexity index is 583. The van der Waals surface area contributed by atoms with Crippen LogP contribution >= 0.6 is 0 Å².